The monoisotopic (exact) mass is 403 g/mol. The lowest BCUT2D eigenvalue weighted by atomic mass is 10.0. The summed E-state index contributed by atoms with van der Waals surface area (Å²) in [6.45, 7) is 1.91. The highest BCUT2D eigenvalue weighted by Crippen LogP contribution is 2.37. The Morgan fingerprint density at radius 1 is 1.19 bits per heavy atom. The van der Waals surface area contributed by atoms with Crippen LogP contribution in [-0.2, 0) is 4.74 Å². The molecule has 0 radical (unpaired) electrons. The van der Waals surface area contributed by atoms with Gasteiger partial charge in [-0.1, -0.05) is 29.8 Å². The number of carbonyl (C=O) groups is 2. The second kappa shape index (κ2) is 8.33. The summed E-state index contributed by atoms with van der Waals surface area (Å²) in [5, 5.41) is 5.36. The molecule has 4 nitrogen and oxygen atoms in total. The molecule has 0 spiro atoms. The number of halogens is 2. The van der Waals surface area contributed by atoms with Gasteiger partial charge in [0.05, 0.1) is 6.61 Å². The van der Waals surface area contributed by atoms with Crippen LogP contribution in [0.1, 0.15) is 27.6 Å². The van der Waals surface area contributed by atoms with Gasteiger partial charge in [-0.15, -0.1) is 11.3 Å². The number of carbonyl (C=O) groups excluding carboxylic acids is 2. The Morgan fingerprint density at radius 3 is 2.59 bits per heavy atom. The van der Waals surface area contributed by atoms with Gasteiger partial charge in [-0.25, -0.2) is 9.18 Å². The molecule has 0 bridgehead atoms. The van der Waals surface area contributed by atoms with Crippen molar-refractivity contribution in [2.75, 3.05) is 11.9 Å². The van der Waals surface area contributed by atoms with E-state index in [1.807, 2.05) is 0 Å². The van der Waals surface area contributed by atoms with Gasteiger partial charge in [-0.2, -0.15) is 0 Å². The van der Waals surface area contributed by atoms with Gasteiger partial charge < -0.3 is 10.1 Å². The van der Waals surface area contributed by atoms with E-state index in [1.165, 1.54) is 29.5 Å². The molecule has 3 rings (SSSR count). The smallest absolute Gasteiger partial charge is 0.341 e. The first-order valence-corrected chi connectivity index (χ1v) is 9.36. The van der Waals surface area contributed by atoms with Crippen molar-refractivity contribution in [2.24, 2.45) is 0 Å². The fourth-order valence-electron chi connectivity index (χ4n) is 2.50. The standard InChI is InChI=1S/C20H15ClFNO3S/c1-2-26-20(25)17-16(12-6-8-14(21)9-7-12)11-27-19(17)23-18(24)13-4-3-5-15(22)10-13/h3-11H,2H2,1H3,(H,23,24). The van der Waals surface area contributed by atoms with E-state index in [4.69, 9.17) is 16.3 Å². The fourth-order valence-corrected chi connectivity index (χ4v) is 3.58. The Labute approximate surface area is 164 Å². The van der Waals surface area contributed by atoms with E-state index >= 15 is 0 Å². The third-order valence-corrected chi connectivity index (χ3v) is 4.89. The first kappa shape index (κ1) is 19.1. The molecule has 0 saturated carbocycles. The van der Waals surface area contributed by atoms with E-state index in [2.05, 4.69) is 5.32 Å². The molecule has 2 aromatic carbocycles. The Hall–Kier alpha value is -2.70. The number of esters is 1. The van der Waals surface area contributed by atoms with Crippen LogP contribution in [0.3, 0.4) is 0 Å². The summed E-state index contributed by atoms with van der Waals surface area (Å²) < 4.78 is 18.5. The number of thiophene rings is 1. The molecule has 3 aromatic rings. The lowest BCUT2D eigenvalue weighted by molar-refractivity contribution is 0.0529. The zero-order chi connectivity index (χ0) is 19.4. The van der Waals surface area contributed by atoms with Gasteiger partial charge in [0.2, 0.25) is 0 Å². The summed E-state index contributed by atoms with van der Waals surface area (Å²) in [6, 6.07) is 12.3. The molecule has 1 amide bonds. The fraction of sp³-hybridized carbons (Fsp3) is 0.100. The Kier molecular flexibility index (Phi) is 5.88. The predicted octanol–water partition coefficient (Wildman–Crippen LogP) is 5.64. The van der Waals surface area contributed by atoms with Crippen molar-refractivity contribution < 1.29 is 18.7 Å². The quantitative estimate of drug-likeness (QED) is 0.561. The number of rotatable bonds is 5. The molecule has 1 heterocycles. The summed E-state index contributed by atoms with van der Waals surface area (Å²) in [5.74, 6) is -1.57. The molecule has 0 aliphatic heterocycles. The average molecular weight is 404 g/mol. The van der Waals surface area contributed by atoms with Crippen LogP contribution in [-0.4, -0.2) is 18.5 Å². The van der Waals surface area contributed by atoms with Gasteiger partial charge in [0.25, 0.3) is 5.91 Å². The van der Waals surface area contributed by atoms with Crippen molar-refractivity contribution in [2.45, 2.75) is 6.92 Å². The van der Waals surface area contributed by atoms with Crippen LogP contribution in [0, 0.1) is 5.82 Å². The van der Waals surface area contributed by atoms with Crippen LogP contribution in [0.5, 0.6) is 0 Å². The van der Waals surface area contributed by atoms with E-state index in [0.29, 0.717) is 15.6 Å². The number of anilines is 1. The Morgan fingerprint density at radius 2 is 1.93 bits per heavy atom. The summed E-state index contributed by atoms with van der Waals surface area (Å²) in [4.78, 5) is 25.0. The zero-order valence-corrected chi connectivity index (χ0v) is 15.9. The summed E-state index contributed by atoms with van der Waals surface area (Å²) in [6.07, 6.45) is 0. The maximum Gasteiger partial charge on any atom is 0.341 e. The topological polar surface area (TPSA) is 55.4 Å². The van der Waals surface area contributed by atoms with E-state index in [-0.39, 0.29) is 17.7 Å². The van der Waals surface area contributed by atoms with Crippen LogP contribution in [0.15, 0.2) is 53.9 Å². The van der Waals surface area contributed by atoms with Gasteiger partial charge in [0.15, 0.2) is 0 Å². The molecule has 138 valence electrons. The van der Waals surface area contributed by atoms with Crippen LogP contribution in [0.25, 0.3) is 11.1 Å². The molecule has 1 aromatic heterocycles. The SMILES string of the molecule is CCOC(=O)c1c(-c2ccc(Cl)cc2)csc1NC(=O)c1cccc(F)c1. The third kappa shape index (κ3) is 4.35. The molecule has 0 unspecified atom stereocenters. The van der Waals surface area contributed by atoms with Crippen molar-refractivity contribution in [3.63, 3.8) is 0 Å². The Balaban J connectivity index is 1.98. The number of ether oxygens (including phenoxy) is 1. The summed E-state index contributed by atoms with van der Waals surface area (Å²) >= 11 is 7.13. The van der Waals surface area contributed by atoms with Crippen molar-refractivity contribution in [1.29, 1.82) is 0 Å². The number of hydrogen-bond donors (Lipinski definition) is 1. The van der Waals surface area contributed by atoms with Crippen LogP contribution in [0.2, 0.25) is 5.02 Å². The average Bonchev–Trinajstić information content (AvgIpc) is 3.06. The highest BCUT2D eigenvalue weighted by atomic mass is 35.5. The maximum absolute atomic E-state index is 13.4. The van der Waals surface area contributed by atoms with Gasteiger partial charge in [-0.05, 0) is 42.8 Å². The van der Waals surface area contributed by atoms with E-state index in [1.54, 1.807) is 36.6 Å². The van der Waals surface area contributed by atoms with Gasteiger partial charge in [0, 0.05) is 21.5 Å². The highest BCUT2D eigenvalue weighted by molar-refractivity contribution is 7.15. The normalized spacial score (nSPS) is 10.5. The van der Waals surface area contributed by atoms with Crippen molar-refractivity contribution in [3.8, 4) is 11.1 Å². The van der Waals surface area contributed by atoms with Gasteiger partial charge in [0.1, 0.15) is 16.4 Å². The minimum Gasteiger partial charge on any atom is -0.462 e. The second-order valence-corrected chi connectivity index (χ2v) is 6.86. The molecular weight excluding hydrogens is 389 g/mol. The van der Waals surface area contributed by atoms with Gasteiger partial charge >= 0.3 is 5.97 Å². The van der Waals surface area contributed by atoms with Crippen LogP contribution in [0.4, 0.5) is 9.39 Å². The largest absolute Gasteiger partial charge is 0.462 e. The summed E-state index contributed by atoms with van der Waals surface area (Å²) in [7, 11) is 0. The third-order valence-electron chi connectivity index (χ3n) is 3.74. The second-order valence-electron chi connectivity index (χ2n) is 5.55. The number of benzene rings is 2. The predicted molar refractivity (Wildman–Crippen MR) is 105 cm³/mol. The molecule has 7 heteroatoms. The first-order valence-electron chi connectivity index (χ1n) is 8.11. The number of amides is 1. The van der Waals surface area contributed by atoms with E-state index in [9.17, 15) is 14.0 Å². The lowest BCUT2D eigenvalue weighted by Crippen LogP contribution is -2.15. The minimum atomic E-state index is -0.543. The minimum absolute atomic E-state index is 0.159. The maximum atomic E-state index is 13.4. The molecule has 0 aliphatic rings. The zero-order valence-electron chi connectivity index (χ0n) is 14.3. The molecule has 1 N–H and O–H groups in total. The molecule has 0 aliphatic carbocycles. The summed E-state index contributed by atoms with van der Waals surface area (Å²) in [5.41, 5.74) is 1.81. The highest BCUT2D eigenvalue weighted by Gasteiger charge is 2.23. The molecule has 27 heavy (non-hydrogen) atoms. The van der Waals surface area contributed by atoms with Crippen LogP contribution >= 0.6 is 22.9 Å². The molecule has 0 saturated heterocycles. The van der Waals surface area contributed by atoms with Crippen molar-refractivity contribution in [1.82, 2.24) is 0 Å². The van der Waals surface area contributed by atoms with E-state index < -0.39 is 17.7 Å². The van der Waals surface area contributed by atoms with Crippen molar-refractivity contribution in [3.05, 3.63) is 75.9 Å². The van der Waals surface area contributed by atoms with Gasteiger partial charge in [-0.3, -0.25) is 4.79 Å². The molecular formula is C20H15ClFNO3S. The van der Waals surface area contributed by atoms with Crippen LogP contribution < -0.4 is 5.32 Å². The molecule has 0 fully saturated rings. The number of hydrogen-bond acceptors (Lipinski definition) is 4. The van der Waals surface area contributed by atoms with E-state index in [0.717, 1.165) is 11.6 Å². The first-order chi connectivity index (χ1) is 13.0. The lowest BCUT2D eigenvalue weighted by Gasteiger charge is -2.09. The Bertz CT molecular complexity index is 985. The van der Waals surface area contributed by atoms with Crippen molar-refractivity contribution >= 4 is 39.8 Å². The number of nitrogens with one attached hydrogen (secondary N) is 1. The molecule has 0 atom stereocenters.